The van der Waals surface area contributed by atoms with Gasteiger partial charge in [-0.05, 0) is 36.8 Å². The van der Waals surface area contributed by atoms with Crippen molar-refractivity contribution in [3.8, 4) is 17.2 Å². The maximum atomic E-state index is 12.7. The van der Waals surface area contributed by atoms with E-state index >= 15 is 0 Å². The van der Waals surface area contributed by atoms with E-state index in [0.717, 1.165) is 16.9 Å². The zero-order valence-corrected chi connectivity index (χ0v) is 17.9. The van der Waals surface area contributed by atoms with Gasteiger partial charge in [-0.3, -0.25) is 14.9 Å². The van der Waals surface area contributed by atoms with Gasteiger partial charge in [-0.1, -0.05) is 6.07 Å². The van der Waals surface area contributed by atoms with Crippen LogP contribution in [0.3, 0.4) is 0 Å². The van der Waals surface area contributed by atoms with Crippen molar-refractivity contribution in [1.29, 1.82) is 0 Å². The number of hydrogen-bond donors (Lipinski definition) is 2. The largest absolute Gasteiger partial charge is 0.496 e. The van der Waals surface area contributed by atoms with Crippen LogP contribution in [-0.4, -0.2) is 51.8 Å². The molecule has 0 aliphatic rings. The number of benzene rings is 2. The highest BCUT2D eigenvalue weighted by atomic mass is 16.6. The van der Waals surface area contributed by atoms with Gasteiger partial charge in [0.15, 0.2) is 17.5 Å². The number of likely N-dealkylation sites (N-methyl/N-ethyl adjacent to an activating group) is 1. The van der Waals surface area contributed by atoms with Crippen LogP contribution in [0.5, 0.6) is 17.2 Å². The number of nitro benzene ring substituents is 1. The number of nitrogens with zero attached hydrogens (tertiary/aromatic N) is 1. The van der Waals surface area contributed by atoms with Crippen LogP contribution >= 0.6 is 0 Å². The quantitative estimate of drug-likeness (QED) is 0.450. The molecule has 2 rings (SSSR count). The van der Waals surface area contributed by atoms with Gasteiger partial charge in [0.2, 0.25) is 0 Å². The minimum Gasteiger partial charge on any atom is -0.496 e. The Kier molecular flexibility index (Phi) is 7.99. The Morgan fingerprint density at radius 2 is 1.80 bits per heavy atom. The summed E-state index contributed by atoms with van der Waals surface area (Å²) < 4.78 is 15.6. The zero-order valence-electron chi connectivity index (χ0n) is 17.9. The van der Waals surface area contributed by atoms with Crippen molar-refractivity contribution in [2.45, 2.75) is 19.4 Å². The summed E-state index contributed by atoms with van der Waals surface area (Å²) in [5.41, 5.74) is 0.994. The molecule has 0 saturated heterocycles. The van der Waals surface area contributed by atoms with Crippen LogP contribution in [-0.2, 0) is 11.2 Å². The minimum atomic E-state index is -0.545. The lowest BCUT2D eigenvalue weighted by molar-refractivity contribution is -0.893. The van der Waals surface area contributed by atoms with Gasteiger partial charge in [0, 0.05) is 6.42 Å². The Morgan fingerprint density at radius 1 is 1.10 bits per heavy atom. The first-order valence-corrected chi connectivity index (χ1v) is 9.47. The van der Waals surface area contributed by atoms with Gasteiger partial charge in [0.25, 0.3) is 11.6 Å². The van der Waals surface area contributed by atoms with Crippen molar-refractivity contribution in [2.75, 3.05) is 40.2 Å². The SMILES string of the molecule is COc1ccc(NC(=O)[C@H](C)[NH+](C)CCc2ccc(OC)c(OC)c2)c([N+](=O)[O-])c1. The van der Waals surface area contributed by atoms with E-state index in [2.05, 4.69) is 5.32 Å². The maximum Gasteiger partial charge on any atom is 0.296 e. The summed E-state index contributed by atoms with van der Waals surface area (Å²) in [5.74, 6) is 1.37. The monoisotopic (exact) mass is 418 g/mol. The normalized spacial score (nSPS) is 12.6. The van der Waals surface area contributed by atoms with Gasteiger partial charge in [0.1, 0.15) is 11.4 Å². The molecule has 9 nitrogen and oxygen atoms in total. The van der Waals surface area contributed by atoms with Gasteiger partial charge in [-0.2, -0.15) is 0 Å². The summed E-state index contributed by atoms with van der Waals surface area (Å²) in [6.45, 7) is 2.48. The Balaban J connectivity index is 2.02. The molecule has 162 valence electrons. The third kappa shape index (κ3) is 5.60. The Morgan fingerprint density at radius 3 is 2.40 bits per heavy atom. The zero-order chi connectivity index (χ0) is 22.3. The number of quaternary nitrogens is 1. The smallest absolute Gasteiger partial charge is 0.296 e. The van der Waals surface area contributed by atoms with Crippen molar-refractivity contribution < 1.29 is 28.8 Å². The summed E-state index contributed by atoms with van der Waals surface area (Å²) >= 11 is 0. The summed E-state index contributed by atoms with van der Waals surface area (Å²) in [7, 11) is 6.51. The third-order valence-electron chi connectivity index (χ3n) is 5.05. The fourth-order valence-electron chi connectivity index (χ4n) is 2.95. The van der Waals surface area contributed by atoms with E-state index in [-0.39, 0.29) is 17.3 Å². The lowest BCUT2D eigenvalue weighted by Crippen LogP contribution is -3.14. The second-order valence-corrected chi connectivity index (χ2v) is 6.89. The lowest BCUT2D eigenvalue weighted by Gasteiger charge is -2.21. The van der Waals surface area contributed by atoms with Crippen LogP contribution in [0.1, 0.15) is 12.5 Å². The Labute approximate surface area is 175 Å². The van der Waals surface area contributed by atoms with Gasteiger partial charge in [-0.15, -0.1) is 0 Å². The Bertz CT molecular complexity index is 902. The summed E-state index contributed by atoms with van der Waals surface area (Å²) in [6.07, 6.45) is 0.729. The summed E-state index contributed by atoms with van der Waals surface area (Å²) in [5, 5.41) is 14.0. The third-order valence-corrected chi connectivity index (χ3v) is 5.05. The van der Waals surface area contributed by atoms with Crippen LogP contribution in [0.15, 0.2) is 36.4 Å². The van der Waals surface area contributed by atoms with E-state index in [1.165, 1.54) is 19.2 Å². The average Bonchev–Trinajstić information content (AvgIpc) is 2.76. The topological polar surface area (TPSA) is 104 Å². The molecule has 2 atom stereocenters. The lowest BCUT2D eigenvalue weighted by atomic mass is 10.1. The molecule has 0 fully saturated rings. The maximum absolute atomic E-state index is 12.7. The number of carbonyl (C=O) groups excluding carboxylic acids is 1. The number of rotatable bonds is 10. The van der Waals surface area contributed by atoms with Gasteiger partial charge >= 0.3 is 0 Å². The van der Waals surface area contributed by atoms with Crippen molar-refractivity contribution in [3.63, 3.8) is 0 Å². The molecule has 2 aromatic rings. The van der Waals surface area contributed by atoms with Crippen LogP contribution in [0.2, 0.25) is 0 Å². The summed E-state index contributed by atoms with van der Waals surface area (Å²) in [4.78, 5) is 24.4. The second-order valence-electron chi connectivity index (χ2n) is 6.89. The van der Waals surface area contributed by atoms with Gasteiger partial charge in [-0.25, -0.2) is 0 Å². The molecule has 0 bridgehead atoms. The molecule has 2 N–H and O–H groups in total. The van der Waals surface area contributed by atoms with Gasteiger partial charge < -0.3 is 24.4 Å². The number of methoxy groups -OCH3 is 3. The molecule has 30 heavy (non-hydrogen) atoms. The molecule has 2 aromatic carbocycles. The first-order valence-electron chi connectivity index (χ1n) is 9.47. The van der Waals surface area contributed by atoms with Crippen LogP contribution in [0.4, 0.5) is 11.4 Å². The number of nitro groups is 1. The van der Waals surface area contributed by atoms with Crippen molar-refractivity contribution in [1.82, 2.24) is 0 Å². The van der Waals surface area contributed by atoms with E-state index in [1.807, 2.05) is 25.2 Å². The minimum absolute atomic E-state index is 0.144. The standard InChI is InChI=1S/C21H27N3O6/c1-14(21(25)22-17-8-7-16(28-3)13-18(17)24(26)27)23(2)11-10-15-6-9-19(29-4)20(12-15)30-5/h6-9,12-14H,10-11H2,1-5H3,(H,22,25)/p+1/t14-/m0/s1. The molecular formula is C21H28N3O6+. The van der Waals surface area contributed by atoms with Crippen LogP contribution in [0, 0.1) is 10.1 Å². The molecule has 0 aliphatic carbocycles. The first kappa shape index (κ1) is 23.0. The van der Waals surface area contributed by atoms with Crippen molar-refractivity contribution >= 4 is 17.3 Å². The number of amides is 1. The van der Waals surface area contributed by atoms with Crippen molar-refractivity contribution in [2.24, 2.45) is 0 Å². The Hall–Kier alpha value is -3.33. The molecule has 0 aromatic heterocycles. The highest BCUT2D eigenvalue weighted by molar-refractivity contribution is 5.95. The predicted octanol–water partition coefficient (Wildman–Crippen LogP) is 1.71. The number of nitrogens with one attached hydrogen (secondary N) is 2. The van der Waals surface area contributed by atoms with E-state index in [1.54, 1.807) is 27.2 Å². The highest BCUT2D eigenvalue weighted by Crippen LogP contribution is 2.29. The predicted molar refractivity (Wildman–Crippen MR) is 113 cm³/mol. The molecule has 1 unspecified atom stereocenters. The van der Waals surface area contributed by atoms with E-state index < -0.39 is 11.0 Å². The molecule has 0 aliphatic heterocycles. The molecule has 0 saturated carbocycles. The highest BCUT2D eigenvalue weighted by Gasteiger charge is 2.25. The van der Waals surface area contributed by atoms with E-state index in [0.29, 0.717) is 23.8 Å². The first-order chi connectivity index (χ1) is 14.3. The molecule has 9 heteroatoms. The molecule has 1 amide bonds. The fourth-order valence-corrected chi connectivity index (χ4v) is 2.95. The second kappa shape index (κ2) is 10.4. The number of carbonyl (C=O) groups is 1. The number of ether oxygens (including phenoxy) is 3. The van der Waals surface area contributed by atoms with E-state index in [9.17, 15) is 14.9 Å². The molecule has 0 heterocycles. The average molecular weight is 418 g/mol. The molecule has 0 spiro atoms. The number of anilines is 1. The van der Waals surface area contributed by atoms with Crippen molar-refractivity contribution in [3.05, 3.63) is 52.1 Å². The number of hydrogen-bond acceptors (Lipinski definition) is 6. The van der Waals surface area contributed by atoms with Crippen LogP contribution in [0.25, 0.3) is 0 Å². The summed E-state index contributed by atoms with van der Waals surface area (Å²) in [6, 6.07) is 9.64. The molecule has 0 radical (unpaired) electrons. The van der Waals surface area contributed by atoms with E-state index in [4.69, 9.17) is 14.2 Å². The van der Waals surface area contributed by atoms with Crippen LogP contribution < -0.4 is 24.4 Å². The fraction of sp³-hybridized carbons (Fsp3) is 0.381. The van der Waals surface area contributed by atoms with Gasteiger partial charge in [0.05, 0.1) is 45.9 Å². The molecular weight excluding hydrogens is 390 g/mol.